The van der Waals surface area contributed by atoms with Crippen molar-refractivity contribution >= 4 is 10.9 Å². The van der Waals surface area contributed by atoms with E-state index in [-0.39, 0.29) is 28.0 Å². The molecule has 1 atom stereocenters. The summed E-state index contributed by atoms with van der Waals surface area (Å²) in [6.07, 6.45) is -7.95. The van der Waals surface area contributed by atoms with Crippen LogP contribution in [0.5, 0.6) is 0 Å². The lowest BCUT2D eigenvalue weighted by molar-refractivity contribution is -0.207. The first-order valence-electron chi connectivity index (χ1n) is 9.52. The molecule has 4 aromatic rings. The molecule has 0 spiro atoms. The summed E-state index contributed by atoms with van der Waals surface area (Å²) < 4.78 is 79.0. The highest BCUT2D eigenvalue weighted by Gasteiger charge is 2.38. The molecule has 0 amide bonds. The number of hydrogen-bond donors (Lipinski definition) is 1. The lowest BCUT2D eigenvalue weighted by Gasteiger charge is -2.16. The number of nitrogens with zero attached hydrogens (tertiary/aromatic N) is 6. The van der Waals surface area contributed by atoms with Crippen molar-refractivity contribution in [2.75, 3.05) is 0 Å². The first-order valence-corrected chi connectivity index (χ1v) is 9.52. The molecule has 4 aromatic heterocycles. The van der Waals surface area contributed by atoms with Crippen molar-refractivity contribution in [2.24, 2.45) is 7.05 Å². The van der Waals surface area contributed by atoms with Crippen LogP contribution in [0.1, 0.15) is 5.56 Å². The highest BCUT2D eigenvalue weighted by Crippen LogP contribution is 2.31. The van der Waals surface area contributed by atoms with Gasteiger partial charge in [-0.15, -0.1) is 0 Å². The fourth-order valence-electron chi connectivity index (χ4n) is 3.18. The Kier molecular flexibility index (Phi) is 5.63. The molecule has 0 bridgehead atoms. The van der Waals surface area contributed by atoms with E-state index >= 15 is 0 Å². The van der Waals surface area contributed by atoms with E-state index in [0.717, 1.165) is 18.5 Å². The van der Waals surface area contributed by atoms with E-state index in [9.17, 15) is 36.2 Å². The number of halogens is 6. The fraction of sp³-hybridized carbons (Fsp3) is 0.250. The number of fused-ring (bicyclic) bond motifs is 1. The van der Waals surface area contributed by atoms with Gasteiger partial charge in [-0.1, -0.05) is 0 Å². The van der Waals surface area contributed by atoms with Crippen LogP contribution in [0, 0.1) is 0 Å². The second-order valence-electron chi connectivity index (χ2n) is 7.34. The van der Waals surface area contributed by atoms with Crippen LogP contribution in [0.3, 0.4) is 0 Å². The summed E-state index contributed by atoms with van der Waals surface area (Å²) in [5, 5.41) is 13.2. The molecule has 0 aromatic carbocycles. The van der Waals surface area contributed by atoms with Gasteiger partial charge in [-0.05, 0) is 18.2 Å². The van der Waals surface area contributed by atoms with Crippen molar-refractivity contribution in [1.29, 1.82) is 0 Å². The number of aromatic nitrogens is 6. The Morgan fingerprint density at radius 2 is 1.79 bits per heavy atom. The number of aliphatic hydroxyl groups is 1. The van der Waals surface area contributed by atoms with Gasteiger partial charge in [0, 0.05) is 25.0 Å². The summed E-state index contributed by atoms with van der Waals surface area (Å²) in [5.41, 5.74) is -1.35. The maximum Gasteiger partial charge on any atom is 0.417 e. The zero-order valence-electron chi connectivity index (χ0n) is 17.1. The van der Waals surface area contributed by atoms with E-state index in [0.29, 0.717) is 16.3 Å². The minimum Gasteiger partial charge on any atom is -0.382 e. The molecule has 1 N–H and O–H groups in total. The van der Waals surface area contributed by atoms with E-state index in [1.165, 1.54) is 16.9 Å². The number of rotatable bonds is 4. The van der Waals surface area contributed by atoms with Crippen molar-refractivity contribution in [2.45, 2.75) is 25.0 Å². The third-order valence-corrected chi connectivity index (χ3v) is 4.89. The van der Waals surface area contributed by atoms with E-state index in [1.54, 1.807) is 13.2 Å². The van der Waals surface area contributed by atoms with Crippen molar-refractivity contribution in [3.63, 3.8) is 0 Å². The zero-order valence-corrected chi connectivity index (χ0v) is 17.1. The third kappa shape index (κ3) is 4.48. The Balaban J connectivity index is 1.91. The van der Waals surface area contributed by atoms with Gasteiger partial charge in [0.15, 0.2) is 6.10 Å². The molecule has 0 radical (unpaired) electrons. The summed E-state index contributed by atoms with van der Waals surface area (Å²) in [7, 11) is 1.62. The molecule has 4 heterocycles. The van der Waals surface area contributed by atoms with E-state index in [2.05, 4.69) is 20.1 Å². The average molecular weight is 484 g/mol. The number of aryl methyl sites for hydroxylation is 1. The third-order valence-electron chi connectivity index (χ3n) is 4.89. The van der Waals surface area contributed by atoms with Crippen LogP contribution in [-0.2, 0) is 19.8 Å². The summed E-state index contributed by atoms with van der Waals surface area (Å²) in [6, 6.07) is 3.03. The Morgan fingerprint density at radius 3 is 2.35 bits per heavy atom. The lowest BCUT2D eigenvalue weighted by atomic mass is 10.1. The van der Waals surface area contributed by atoms with Gasteiger partial charge in [-0.25, -0.2) is 9.97 Å². The molecule has 0 aliphatic carbocycles. The van der Waals surface area contributed by atoms with Gasteiger partial charge >= 0.3 is 12.4 Å². The van der Waals surface area contributed by atoms with Crippen molar-refractivity contribution in [3.8, 4) is 22.6 Å². The zero-order chi connectivity index (χ0) is 24.8. The van der Waals surface area contributed by atoms with Gasteiger partial charge in [0.05, 0.1) is 41.4 Å². The second-order valence-corrected chi connectivity index (χ2v) is 7.34. The second kappa shape index (κ2) is 8.20. The van der Waals surface area contributed by atoms with E-state index in [4.69, 9.17) is 0 Å². The Hall–Kier alpha value is -3.81. The Labute approximate surface area is 186 Å². The highest BCUT2D eigenvalue weighted by molar-refractivity contribution is 5.93. The lowest BCUT2D eigenvalue weighted by Crippen LogP contribution is -2.36. The van der Waals surface area contributed by atoms with Crippen LogP contribution in [0.15, 0.2) is 47.9 Å². The van der Waals surface area contributed by atoms with Crippen molar-refractivity contribution in [3.05, 3.63) is 59.0 Å². The van der Waals surface area contributed by atoms with Crippen LogP contribution in [0.25, 0.3) is 33.5 Å². The summed E-state index contributed by atoms with van der Waals surface area (Å²) >= 11 is 0. The first-order chi connectivity index (χ1) is 15.8. The van der Waals surface area contributed by atoms with Gasteiger partial charge in [-0.2, -0.15) is 31.4 Å². The van der Waals surface area contributed by atoms with Crippen LogP contribution in [0.2, 0.25) is 0 Å². The predicted octanol–water partition coefficient (Wildman–Crippen LogP) is 3.20. The van der Waals surface area contributed by atoms with Crippen LogP contribution in [-0.4, -0.2) is 46.7 Å². The number of alkyl halides is 6. The Bertz CT molecular complexity index is 1410. The molecular formula is C20H14F6N6O2. The summed E-state index contributed by atoms with van der Waals surface area (Å²) in [4.78, 5) is 25.2. The molecule has 0 aliphatic rings. The summed E-state index contributed by atoms with van der Waals surface area (Å²) in [5.74, 6) is 0. The highest BCUT2D eigenvalue weighted by atomic mass is 19.4. The van der Waals surface area contributed by atoms with Crippen LogP contribution >= 0.6 is 0 Å². The summed E-state index contributed by atoms with van der Waals surface area (Å²) in [6.45, 7) is -1.09. The predicted molar refractivity (Wildman–Crippen MR) is 106 cm³/mol. The van der Waals surface area contributed by atoms with Gasteiger partial charge in [0.1, 0.15) is 11.2 Å². The molecule has 8 nitrogen and oxygen atoms in total. The molecule has 0 aliphatic heterocycles. The fourth-order valence-corrected chi connectivity index (χ4v) is 3.18. The topological polar surface area (TPSA) is 98.7 Å². The van der Waals surface area contributed by atoms with Crippen LogP contribution in [0.4, 0.5) is 26.3 Å². The maximum atomic E-state index is 13.0. The van der Waals surface area contributed by atoms with Gasteiger partial charge in [-0.3, -0.25) is 19.0 Å². The standard InChI is InChI=1S/C20H14F6N6O2/c1-31-7-10(5-29-31)16-17-12(18(34)32(9-28-17)8-15(33)20(24,25)26)4-14(30-16)13-3-2-11(6-27-13)19(21,22)23/h2-7,9,15,33H,8H2,1H3/t15-/m0/s1. The number of pyridine rings is 2. The molecule has 0 saturated heterocycles. The van der Waals surface area contributed by atoms with E-state index < -0.39 is 36.1 Å². The SMILES string of the molecule is Cn1cc(-c2nc(-c3ccc(C(F)(F)F)cn3)cc3c(=O)n(C[C@H](O)C(F)(F)F)cnc23)cn1. The maximum absolute atomic E-state index is 13.0. The average Bonchev–Trinajstić information content (AvgIpc) is 3.20. The van der Waals surface area contributed by atoms with Crippen LogP contribution < -0.4 is 5.56 Å². The molecule has 14 heteroatoms. The van der Waals surface area contributed by atoms with E-state index in [1.807, 2.05) is 0 Å². The molecule has 0 fully saturated rings. The molecule has 0 saturated carbocycles. The molecule has 34 heavy (non-hydrogen) atoms. The molecular weight excluding hydrogens is 470 g/mol. The molecule has 4 rings (SSSR count). The minimum absolute atomic E-state index is 0.00639. The first kappa shape index (κ1) is 23.4. The normalized spacial score (nSPS) is 13.4. The largest absolute Gasteiger partial charge is 0.417 e. The van der Waals surface area contributed by atoms with Gasteiger partial charge in [0.2, 0.25) is 0 Å². The number of hydrogen-bond acceptors (Lipinski definition) is 6. The molecule has 178 valence electrons. The quantitative estimate of drug-likeness (QED) is 0.447. The Morgan fingerprint density at radius 1 is 1.06 bits per heavy atom. The molecule has 0 unspecified atom stereocenters. The number of aliphatic hydroxyl groups excluding tert-OH is 1. The smallest absolute Gasteiger partial charge is 0.382 e. The van der Waals surface area contributed by atoms with Crippen molar-refractivity contribution < 1.29 is 31.4 Å². The monoisotopic (exact) mass is 484 g/mol. The minimum atomic E-state index is -4.96. The van der Waals surface area contributed by atoms with Gasteiger partial charge in [0.25, 0.3) is 5.56 Å². The van der Waals surface area contributed by atoms with Gasteiger partial charge < -0.3 is 5.11 Å². The van der Waals surface area contributed by atoms with Crippen molar-refractivity contribution in [1.82, 2.24) is 29.3 Å².